The van der Waals surface area contributed by atoms with Crippen molar-refractivity contribution in [3.8, 4) is 5.75 Å². The molecule has 0 aliphatic carbocycles. The van der Waals surface area contributed by atoms with E-state index in [2.05, 4.69) is 12.2 Å². The third-order valence-electron chi connectivity index (χ3n) is 2.78. The molecule has 1 amide bonds. The molecule has 4 heteroatoms. The van der Waals surface area contributed by atoms with Gasteiger partial charge in [0.25, 0.3) is 0 Å². The van der Waals surface area contributed by atoms with Gasteiger partial charge in [0, 0.05) is 13.6 Å². The number of nitrogens with one attached hydrogen (secondary N) is 1. The summed E-state index contributed by atoms with van der Waals surface area (Å²) in [5, 5.41) is 3.11. The van der Waals surface area contributed by atoms with Crippen LogP contribution in [0.5, 0.6) is 5.75 Å². The summed E-state index contributed by atoms with van der Waals surface area (Å²) in [7, 11) is 1.83. The third kappa shape index (κ3) is 6.82. The zero-order chi connectivity index (χ0) is 13.9. The van der Waals surface area contributed by atoms with Crippen LogP contribution in [0, 0.1) is 0 Å². The fraction of sp³-hybridized carbons (Fsp3) is 0.533. The first-order valence-electron chi connectivity index (χ1n) is 6.86. The first-order valence-corrected chi connectivity index (χ1v) is 6.86. The lowest BCUT2D eigenvalue weighted by molar-refractivity contribution is -0.129. The normalized spacial score (nSPS) is 10.2. The van der Waals surface area contributed by atoms with Crippen LogP contribution in [0.2, 0.25) is 0 Å². The van der Waals surface area contributed by atoms with Crippen molar-refractivity contribution in [3.63, 3.8) is 0 Å². The number of hydrogen-bond donors (Lipinski definition) is 1. The minimum absolute atomic E-state index is 0.133. The average molecular weight is 264 g/mol. The third-order valence-corrected chi connectivity index (χ3v) is 2.78. The molecule has 0 saturated carbocycles. The molecule has 0 unspecified atom stereocenters. The minimum Gasteiger partial charge on any atom is -0.494 e. The molecule has 0 atom stereocenters. The Morgan fingerprint density at radius 2 is 2.05 bits per heavy atom. The molecular formula is C15H24N2O2. The number of para-hydroxylation sites is 1. The number of rotatable bonds is 9. The van der Waals surface area contributed by atoms with E-state index < -0.39 is 0 Å². The number of carbonyl (C=O) groups excluding carboxylic acids is 1. The second-order valence-electron chi connectivity index (χ2n) is 4.51. The number of carbonyl (C=O) groups is 1. The van der Waals surface area contributed by atoms with Crippen LogP contribution in [-0.2, 0) is 4.79 Å². The van der Waals surface area contributed by atoms with Crippen LogP contribution in [0.4, 0.5) is 0 Å². The van der Waals surface area contributed by atoms with Crippen LogP contribution in [0.25, 0.3) is 0 Å². The highest BCUT2D eigenvalue weighted by molar-refractivity contribution is 5.77. The summed E-state index contributed by atoms with van der Waals surface area (Å²) in [6.45, 7) is 4.74. The van der Waals surface area contributed by atoms with Crippen molar-refractivity contribution in [1.29, 1.82) is 0 Å². The molecule has 4 nitrogen and oxygen atoms in total. The van der Waals surface area contributed by atoms with Gasteiger partial charge in [0.15, 0.2) is 0 Å². The highest BCUT2D eigenvalue weighted by Crippen LogP contribution is 2.08. The first kappa shape index (κ1) is 15.5. The predicted molar refractivity (Wildman–Crippen MR) is 77.4 cm³/mol. The summed E-state index contributed by atoms with van der Waals surface area (Å²) in [6.07, 6.45) is 1.88. The van der Waals surface area contributed by atoms with Crippen LogP contribution < -0.4 is 10.1 Å². The molecule has 1 aromatic rings. The van der Waals surface area contributed by atoms with Gasteiger partial charge < -0.3 is 15.0 Å². The summed E-state index contributed by atoms with van der Waals surface area (Å²) in [5.74, 6) is 1.01. The van der Waals surface area contributed by atoms with Gasteiger partial charge in [0.2, 0.25) is 5.91 Å². The molecule has 0 fully saturated rings. The molecule has 0 aliphatic rings. The van der Waals surface area contributed by atoms with Gasteiger partial charge in [0.05, 0.1) is 13.2 Å². The maximum absolute atomic E-state index is 11.7. The second-order valence-corrected chi connectivity index (χ2v) is 4.51. The molecule has 0 saturated heterocycles. The Morgan fingerprint density at radius 1 is 1.32 bits per heavy atom. The topological polar surface area (TPSA) is 41.6 Å². The SMILES string of the molecule is CCCNCC(=O)N(C)CCCOc1ccccc1. The van der Waals surface area contributed by atoms with Crippen molar-refractivity contribution >= 4 is 5.91 Å². The van der Waals surface area contributed by atoms with Gasteiger partial charge in [0.1, 0.15) is 5.75 Å². The van der Waals surface area contributed by atoms with Gasteiger partial charge >= 0.3 is 0 Å². The fourth-order valence-electron chi connectivity index (χ4n) is 1.64. The van der Waals surface area contributed by atoms with Crippen molar-refractivity contribution in [2.45, 2.75) is 19.8 Å². The van der Waals surface area contributed by atoms with Crippen molar-refractivity contribution < 1.29 is 9.53 Å². The second kappa shape index (κ2) is 9.39. The van der Waals surface area contributed by atoms with Gasteiger partial charge in [-0.25, -0.2) is 0 Å². The quantitative estimate of drug-likeness (QED) is 0.693. The Balaban J connectivity index is 2.09. The Bertz CT molecular complexity index is 354. The number of hydrogen-bond acceptors (Lipinski definition) is 3. The van der Waals surface area contributed by atoms with Crippen LogP contribution in [0.3, 0.4) is 0 Å². The molecule has 1 rings (SSSR count). The zero-order valence-electron chi connectivity index (χ0n) is 11.9. The van der Waals surface area contributed by atoms with E-state index in [4.69, 9.17) is 4.74 Å². The summed E-state index contributed by atoms with van der Waals surface area (Å²) in [5.41, 5.74) is 0. The van der Waals surface area contributed by atoms with E-state index in [1.54, 1.807) is 4.90 Å². The van der Waals surface area contributed by atoms with Gasteiger partial charge in [-0.05, 0) is 31.5 Å². The molecule has 0 aromatic heterocycles. The molecule has 0 bridgehead atoms. The summed E-state index contributed by atoms with van der Waals surface area (Å²) < 4.78 is 5.58. The number of amides is 1. The van der Waals surface area contributed by atoms with Crippen molar-refractivity contribution in [3.05, 3.63) is 30.3 Å². The van der Waals surface area contributed by atoms with E-state index in [9.17, 15) is 4.79 Å². The van der Waals surface area contributed by atoms with Crippen molar-refractivity contribution in [1.82, 2.24) is 10.2 Å². The Kier molecular flexibility index (Phi) is 7.66. The number of benzene rings is 1. The Labute approximate surface area is 115 Å². The van der Waals surface area contributed by atoms with Crippen LogP contribution in [-0.4, -0.2) is 44.1 Å². The van der Waals surface area contributed by atoms with Crippen molar-refractivity contribution in [2.75, 3.05) is 33.3 Å². The van der Waals surface area contributed by atoms with E-state index in [1.807, 2.05) is 37.4 Å². The molecule has 0 radical (unpaired) electrons. The standard InChI is InChI=1S/C15H24N2O2/c1-3-10-16-13-15(18)17(2)11-7-12-19-14-8-5-4-6-9-14/h4-6,8-9,16H,3,7,10-13H2,1-2H3. The lowest BCUT2D eigenvalue weighted by Crippen LogP contribution is -2.36. The molecule has 19 heavy (non-hydrogen) atoms. The highest BCUT2D eigenvalue weighted by atomic mass is 16.5. The summed E-state index contributed by atoms with van der Waals surface area (Å²) >= 11 is 0. The number of ether oxygens (including phenoxy) is 1. The Hall–Kier alpha value is -1.55. The maximum atomic E-state index is 11.7. The average Bonchev–Trinajstić information content (AvgIpc) is 2.44. The summed E-state index contributed by atoms with van der Waals surface area (Å²) in [4.78, 5) is 13.5. The predicted octanol–water partition coefficient (Wildman–Crippen LogP) is 1.91. The monoisotopic (exact) mass is 264 g/mol. The van der Waals surface area contributed by atoms with Crippen LogP contribution in [0.1, 0.15) is 19.8 Å². The number of nitrogens with zero attached hydrogens (tertiary/aromatic N) is 1. The van der Waals surface area contributed by atoms with Gasteiger partial charge in [-0.1, -0.05) is 25.1 Å². The van der Waals surface area contributed by atoms with E-state index in [0.717, 1.165) is 31.7 Å². The van der Waals surface area contributed by atoms with Crippen molar-refractivity contribution in [2.24, 2.45) is 0 Å². The van der Waals surface area contributed by atoms with Gasteiger partial charge in [-0.3, -0.25) is 4.79 Å². The lowest BCUT2D eigenvalue weighted by Gasteiger charge is -2.17. The molecule has 0 heterocycles. The lowest BCUT2D eigenvalue weighted by atomic mass is 10.3. The molecule has 1 aromatic carbocycles. The van der Waals surface area contributed by atoms with E-state index in [1.165, 1.54) is 0 Å². The fourth-order valence-corrected chi connectivity index (χ4v) is 1.64. The highest BCUT2D eigenvalue weighted by Gasteiger charge is 2.07. The molecular weight excluding hydrogens is 240 g/mol. The van der Waals surface area contributed by atoms with Crippen LogP contribution >= 0.6 is 0 Å². The Morgan fingerprint density at radius 3 is 2.74 bits per heavy atom. The summed E-state index contributed by atoms with van der Waals surface area (Å²) in [6, 6.07) is 9.73. The molecule has 0 aliphatic heterocycles. The molecule has 1 N–H and O–H groups in total. The number of likely N-dealkylation sites (N-methyl/N-ethyl adjacent to an activating group) is 1. The zero-order valence-corrected chi connectivity index (χ0v) is 11.9. The van der Waals surface area contributed by atoms with Gasteiger partial charge in [-0.2, -0.15) is 0 Å². The smallest absolute Gasteiger partial charge is 0.236 e. The largest absolute Gasteiger partial charge is 0.494 e. The molecule has 0 spiro atoms. The minimum atomic E-state index is 0.133. The van der Waals surface area contributed by atoms with E-state index in [-0.39, 0.29) is 5.91 Å². The van der Waals surface area contributed by atoms with Gasteiger partial charge in [-0.15, -0.1) is 0 Å². The maximum Gasteiger partial charge on any atom is 0.236 e. The van der Waals surface area contributed by atoms with Crippen LogP contribution in [0.15, 0.2) is 30.3 Å². The first-order chi connectivity index (χ1) is 9.24. The van der Waals surface area contributed by atoms with E-state index >= 15 is 0 Å². The molecule has 106 valence electrons. The van der Waals surface area contributed by atoms with E-state index in [0.29, 0.717) is 13.2 Å².